The molecule has 2 aliphatic heterocycles. The second kappa shape index (κ2) is 6.97. The van der Waals surface area contributed by atoms with Gasteiger partial charge in [0, 0.05) is 18.5 Å². The zero-order valence-electron chi connectivity index (χ0n) is 15.6. The van der Waals surface area contributed by atoms with Gasteiger partial charge in [0.25, 0.3) is 5.91 Å². The van der Waals surface area contributed by atoms with Gasteiger partial charge in [-0.2, -0.15) is 0 Å². The molecule has 138 valence electrons. The van der Waals surface area contributed by atoms with Crippen LogP contribution in [0, 0.1) is 5.92 Å². The molecule has 1 aromatic carbocycles. The number of aromatic nitrogens is 1. The minimum absolute atomic E-state index is 0.0227. The molecule has 3 heterocycles. The summed E-state index contributed by atoms with van der Waals surface area (Å²) < 4.78 is 6.24. The van der Waals surface area contributed by atoms with Gasteiger partial charge >= 0.3 is 0 Å². The molecule has 2 aliphatic rings. The molecule has 0 aliphatic carbocycles. The summed E-state index contributed by atoms with van der Waals surface area (Å²) in [6.45, 7) is 3.32. The van der Waals surface area contributed by atoms with Gasteiger partial charge < -0.3 is 14.5 Å². The van der Waals surface area contributed by atoms with Gasteiger partial charge in [0.15, 0.2) is 0 Å². The number of amides is 1. The van der Waals surface area contributed by atoms with Crippen LogP contribution in [0.15, 0.2) is 36.4 Å². The van der Waals surface area contributed by atoms with Gasteiger partial charge in [-0.15, -0.1) is 0 Å². The van der Waals surface area contributed by atoms with Crippen LogP contribution in [0.25, 0.3) is 10.9 Å². The molecule has 1 spiro atoms. The van der Waals surface area contributed by atoms with Crippen LogP contribution in [0.5, 0.6) is 0 Å². The van der Waals surface area contributed by atoms with Crippen LogP contribution < -0.4 is 0 Å². The first-order valence-corrected chi connectivity index (χ1v) is 9.48. The van der Waals surface area contributed by atoms with E-state index in [4.69, 9.17) is 4.74 Å². The lowest BCUT2D eigenvalue weighted by atomic mass is 9.86. The van der Waals surface area contributed by atoms with E-state index in [1.54, 1.807) is 0 Å². The van der Waals surface area contributed by atoms with E-state index in [-0.39, 0.29) is 11.5 Å². The largest absolute Gasteiger partial charge is 0.373 e. The zero-order valence-corrected chi connectivity index (χ0v) is 15.6. The van der Waals surface area contributed by atoms with E-state index in [1.807, 2.05) is 41.3 Å². The number of carbonyl (C=O) groups is 1. The van der Waals surface area contributed by atoms with Gasteiger partial charge in [-0.3, -0.25) is 4.79 Å². The minimum Gasteiger partial charge on any atom is -0.373 e. The van der Waals surface area contributed by atoms with Crippen LogP contribution in [0.3, 0.4) is 0 Å². The van der Waals surface area contributed by atoms with Crippen molar-refractivity contribution >= 4 is 16.8 Å². The summed E-state index contributed by atoms with van der Waals surface area (Å²) in [6.07, 6.45) is 3.08. The number of carbonyl (C=O) groups excluding carboxylic acids is 1. The van der Waals surface area contributed by atoms with Crippen molar-refractivity contribution < 1.29 is 9.53 Å². The van der Waals surface area contributed by atoms with Crippen LogP contribution in [-0.4, -0.2) is 66.6 Å². The number of ether oxygens (including phenoxy) is 1. The summed E-state index contributed by atoms with van der Waals surface area (Å²) in [7, 11) is 4.21. The number of fused-ring (bicyclic) bond motifs is 1. The third-order valence-corrected chi connectivity index (χ3v) is 5.55. The second-order valence-corrected chi connectivity index (χ2v) is 8.05. The van der Waals surface area contributed by atoms with Crippen molar-refractivity contribution in [3.05, 3.63) is 42.1 Å². The molecule has 2 unspecified atom stereocenters. The Labute approximate surface area is 154 Å². The molecule has 2 saturated heterocycles. The Morgan fingerprint density at radius 1 is 1.31 bits per heavy atom. The highest BCUT2D eigenvalue weighted by Gasteiger charge is 2.44. The average Bonchev–Trinajstić information content (AvgIpc) is 3.01. The van der Waals surface area contributed by atoms with Crippen molar-refractivity contribution in [3.8, 4) is 0 Å². The van der Waals surface area contributed by atoms with Crippen molar-refractivity contribution in [1.29, 1.82) is 0 Å². The standard InChI is InChI=1S/C21H27N3O2/c1-23(2)13-16-12-21(26-14-16)10-5-11-24(15-21)20(25)19-9-8-17-6-3-4-7-18(17)22-19/h3-4,6-9,16H,5,10-15H2,1-2H3. The normalized spacial score (nSPS) is 26.1. The molecule has 5 heteroatoms. The van der Waals surface area contributed by atoms with Gasteiger partial charge in [0.2, 0.25) is 0 Å². The van der Waals surface area contributed by atoms with Crippen LogP contribution in [0.1, 0.15) is 29.8 Å². The molecule has 1 aromatic heterocycles. The third kappa shape index (κ3) is 3.46. The van der Waals surface area contributed by atoms with Gasteiger partial charge in [-0.1, -0.05) is 24.3 Å². The third-order valence-electron chi connectivity index (χ3n) is 5.55. The summed E-state index contributed by atoms with van der Waals surface area (Å²) in [6, 6.07) is 11.7. The molecule has 1 amide bonds. The Kier molecular flexibility index (Phi) is 4.67. The van der Waals surface area contributed by atoms with E-state index in [2.05, 4.69) is 24.0 Å². The Morgan fingerprint density at radius 2 is 2.15 bits per heavy atom. The smallest absolute Gasteiger partial charge is 0.272 e. The maximum Gasteiger partial charge on any atom is 0.272 e. The molecule has 0 bridgehead atoms. The Balaban J connectivity index is 1.49. The van der Waals surface area contributed by atoms with E-state index in [0.717, 1.165) is 49.9 Å². The van der Waals surface area contributed by atoms with E-state index in [0.29, 0.717) is 18.2 Å². The maximum atomic E-state index is 13.0. The topological polar surface area (TPSA) is 45.7 Å². The first kappa shape index (κ1) is 17.4. The number of likely N-dealkylation sites (tertiary alicyclic amines) is 1. The van der Waals surface area contributed by atoms with Crippen LogP contribution in [0.4, 0.5) is 0 Å². The molecule has 0 saturated carbocycles. The second-order valence-electron chi connectivity index (χ2n) is 8.05. The molecule has 5 nitrogen and oxygen atoms in total. The number of pyridine rings is 1. The van der Waals surface area contributed by atoms with E-state index < -0.39 is 0 Å². The monoisotopic (exact) mass is 353 g/mol. The summed E-state index contributed by atoms with van der Waals surface area (Å²) in [4.78, 5) is 21.8. The van der Waals surface area contributed by atoms with Crippen molar-refractivity contribution in [1.82, 2.24) is 14.8 Å². The summed E-state index contributed by atoms with van der Waals surface area (Å²) in [5.41, 5.74) is 1.24. The highest BCUT2D eigenvalue weighted by atomic mass is 16.5. The minimum atomic E-state index is -0.161. The fourth-order valence-electron chi connectivity index (χ4n) is 4.48. The van der Waals surface area contributed by atoms with Crippen LogP contribution in [-0.2, 0) is 4.74 Å². The summed E-state index contributed by atoms with van der Waals surface area (Å²) >= 11 is 0. The first-order valence-electron chi connectivity index (χ1n) is 9.48. The molecule has 0 radical (unpaired) electrons. The highest BCUT2D eigenvalue weighted by molar-refractivity contribution is 5.95. The lowest BCUT2D eigenvalue weighted by molar-refractivity contribution is -0.0451. The van der Waals surface area contributed by atoms with Gasteiger partial charge in [-0.25, -0.2) is 4.98 Å². The molecular weight excluding hydrogens is 326 g/mol. The number of hydrogen-bond acceptors (Lipinski definition) is 4. The number of hydrogen-bond donors (Lipinski definition) is 0. The van der Waals surface area contributed by atoms with Gasteiger partial charge in [0.05, 0.1) is 24.3 Å². The number of para-hydroxylation sites is 1. The summed E-state index contributed by atoms with van der Waals surface area (Å²) in [5, 5.41) is 1.06. The van der Waals surface area contributed by atoms with Crippen molar-refractivity contribution in [2.45, 2.75) is 24.9 Å². The molecule has 2 aromatic rings. The lowest BCUT2D eigenvalue weighted by Crippen LogP contribution is -2.50. The number of rotatable bonds is 3. The van der Waals surface area contributed by atoms with Crippen LogP contribution >= 0.6 is 0 Å². The molecule has 0 N–H and O–H groups in total. The zero-order chi connectivity index (χ0) is 18.1. The van der Waals surface area contributed by atoms with Crippen LogP contribution in [0.2, 0.25) is 0 Å². The van der Waals surface area contributed by atoms with E-state index in [1.165, 1.54) is 0 Å². The predicted molar refractivity (Wildman–Crippen MR) is 102 cm³/mol. The quantitative estimate of drug-likeness (QED) is 0.851. The molecule has 4 rings (SSSR count). The summed E-state index contributed by atoms with van der Waals surface area (Å²) in [5.74, 6) is 0.577. The SMILES string of the molecule is CN(C)CC1COC2(CCCN(C(=O)c3ccc4ccccc4n3)C2)C1. The first-order chi connectivity index (χ1) is 12.5. The predicted octanol–water partition coefficient (Wildman–Crippen LogP) is 2.81. The van der Waals surface area contributed by atoms with E-state index in [9.17, 15) is 4.79 Å². The van der Waals surface area contributed by atoms with Crippen molar-refractivity contribution in [2.24, 2.45) is 5.92 Å². The Bertz CT molecular complexity index is 807. The molecule has 2 atom stereocenters. The molecule has 2 fully saturated rings. The number of nitrogens with zero attached hydrogens (tertiary/aromatic N) is 3. The molecule has 26 heavy (non-hydrogen) atoms. The van der Waals surface area contributed by atoms with E-state index >= 15 is 0 Å². The lowest BCUT2D eigenvalue weighted by Gasteiger charge is -2.39. The highest BCUT2D eigenvalue weighted by Crippen LogP contribution is 2.38. The fraction of sp³-hybridized carbons (Fsp3) is 0.524. The van der Waals surface area contributed by atoms with Gasteiger partial charge in [-0.05, 0) is 51.4 Å². The number of piperidine rings is 1. The Hall–Kier alpha value is -1.98. The average molecular weight is 353 g/mol. The van der Waals surface area contributed by atoms with Crippen molar-refractivity contribution in [3.63, 3.8) is 0 Å². The Morgan fingerprint density at radius 3 is 3.00 bits per heavy atom. The van der Waals surface area contributed by atoms with Crippen molar-refractivity contribution in [2.75, 3.05) is 40.3 Å². The fourth-order valence-corrected chi connectivity index (χ4v) is 4.48. The van der Waals surface area contributed by atoms with Gasteiger partial charge in [0.1, 0.15) is 5.69 Å². The number of benzene rings is 1. The maximum absolute atomic E-state index is 13.0. The molecular formula is C21H27N3O2.